The van der Waals surface area contributed by atoms with Gasteiger partial charge in [0.25, 0.3) is 0 Å². The average molecular weight is 248 g/mol. The standard InChI is InChI=1S/C13H16N2O3/c1-16-10-3-4-12(13(7-10)17-2)15-5-6-18-11(8-14)9-15/h3-4,7,11H,5-6,9H2,1-2H3. The first kappa shape index (κ1) is 12.5. The summed E-state index contributed by atoms with van der Waals surface area (Å²) < 4.78 is 15.9. The molecule has 0 bridgehead atoms. The van der Waals surface area contributed by atoms with Crippen LogP contribution in [0.3, 0.4) is 0 Å². The SMILES string of the molecule is COc1ccc(N2CCOC(C#N)C2)c(OC)c1. The molecule has 5 heteroatoms. The Morgan fingerprint density at radius 2 is 2.22 bits per heavy atom. The van der Waals surface area contributed by atoms with Crippen LogP contribution >= 0.6 is 0 Å². The van der Waals surface area contributed by atoms with Crippen LogP contribution in [-0.2, 0) is 4.74 Å². The molecule has 96 valence electrons. The van der Waals surface area contributed by atoms with Crippen molar-refractivity contribution in [3.05, 3.63) is 18.2 Å². The third kappa shape index (κ3) is 2.49. The summed E-state index contributed by atoms with van der Waals surface area (Å²) in [7, 11) is 3.25. The quantitative estimate of drug-likeness (QED) is 0.810. The second-order valence-corrected chi connectivity index (χ2v) is 3.97. The highest BCUT2D eigenvalue weighted by Gasteiger charge is 2.22. The summed E-state index contributed by atoms with van der Waals surface area (Å²) in [4.78, 5) is 2.09. The predicted octanol–water partition coefficient (Wildman–Crippen LogP) is 1.43. The summed E-state index contributed by atoms with van der Waals surface area (Å²) in [6, 6.07) is 7.80. The first-order valence-electron chi connectivity index (χ1n) is 5.76. The highest BCUT2D eigenvalue weighted by molar-refractivity contribution is 5.61. The van der Waals surface area contributed by atoms with Gasteiger partial charge in [0.15, 0.2) is 6.10 Å². The van der Waals surface area contributed by atoms with Crippen LogP contribution in [0.25, 0.3) is 0 Å². The molecule has 1 aliphatic heterocycles. The van der Waals surface area contributed by atoms with Crippen molar-refractivity contribution in [2.45, 2.75) is 6.10 Å². The van der Waals surface area contributed by atoms with E-state index in [4.69, 9.17) is 19.5 Å². The smallest absolute Gasteiger partial charge is 0.161 e. The lowest BCUT2D eigenvalue weighted by Crippen LogP contribution is -2.42. The van der Waals surface area contributed by atoms with Gasteiger partial charge in [-0.2, -0.15) is 5.26 Å². The Balaban J connectivity index is 2.24. The third-order valence-electron chi connectivity index (χ3n) is 2.94. The van der Waals surface area contributed by atoms with E-state index in [1.165, 1.54) is 0 Å². The minimum atomic E-state index is -0.384. The van der Waals surface area contributed by atoms with E-state index >= 15 is 0 Å². The number of morpholine rings is 1. The van der Waals surface area contributed by atoms with E-state index in [0.29, 0.717) is 13.2 Å². The van der Waals surface area contributed by atoms with Crippen LogP contribution in [0.2, 0.25) is 0 Å². The molecular weight excluding hydrogens is 232 g/mol. The monoisotopic (exact) mass is 248 g/mol. The van der Waals surface area contributed by atoms with E-state index in [1.54, 1.807) is 14.2 Å². The Labute approximate surface area is 106 Å². The summed E-state index contributed by atoms with van der Waals surface area (Å²) in [5, 5.41) is 8.91. The molecule has 5 nitrogen and oxygen atoms in total. The summed E-state index contributed by atoms with van der Waals surface area (Å²) in [6.07, 6.45) is -0.384. The molecule has 1 aromatic carbocycles. The second-order valence-electron chi connectivity index (χ2n) is 3.97. The largest absolute Gasteiger partial charge is 0.497 e. The molecule has 0 saturated carbocycles. The number of rotatable bonds is 3. The van der Waals surface area contributed by atoms with E-state index in [-0.39, 0.29) is 6.10 Å². The van der Waals surface area contributed by atoms with E-state index in [2.05, 4.69) is 11.0 Å². The van der Waals surface area contributed by atoms with E-state index in [1.807, 2.05) is 18.2 Å². The van der Waals surface area contributed by atoms with Crippen LogP contribution < -0.4 is 14.4 Å². The van der Waals surface area contributed by atoms with Gasteiger partial charge < -0.3 is 19.1 Å². The molecule has 1 atom stereocenters. The number of nitrogens with zero attached hydrogens (tertiary/aromatic N) is 2. The molecule has 2 rings (SSSR count). The number of anilines is 1. The van der Waals surface area contributed by atoms with Crippen molar-refractivity contribution < 1.29 is 14.2 Å². The molecule has 0 amide bonds. The van der Waals surface area contributed by atoms with Gasteiger partial charge in [-0.05, 0) is 12.1 Å². The maximum absolute atomic E-state index is 8.91. The summed E-state index contributed by atoms with van der Waals surface area (Å²) in [5.41, 5.74) is 0.960. The third-order valence-corrected chi connectivity index (χ3v) is 2.94. The topological polar surface area (TPSA) is 54.7 Å². The van der Waals surface area contributed by atoms with Crippen molar-refractivity contribution in [1.29, 1.82) is 5.26 Å². The van der Waals surface area contributed by atoms with Crippen molar-refractivity contribution in [1.82, 2.24) is 0 Å². The Kier molecular flexibility index (Phi) is 3.90. The number of ether oxygens (including phenoxy) is 3. The molecule has 0 aliphatic carbocycles. The van der Waals surface area contributed by atoms with Gasteiger partial charge in [-0.25, -0.2) is 0 Å². The molecule has 1 aliphatic rings. The van der Waals surface area contributed by atoms with E-state index in [0.717, 1.165) is 23.7 Å². The molecule has 1 fully saturated rings. The molecule has 1 aromatic rings. The molecule has 18 heavy (non-hydrogen) atoms. The predicted molar refractivity (Wildman–Crippen MR) is 67.1 cm³/mol. The maximum atomic E-state index is 8.91. The van der Waals surface area contributed by atoms with Gasteiger partial charge in [-0.15, -0.1) is 0 Å². The van der Waals surface area contributed by atoms with E-state index in [9.17, 15) is 0 Å². The van der Waals surface area contributed by atoms with Gasteiger partial charge in [-0.1, -0.05) is 0 Å². The Morgan fingerprint density at radius 1 is 1.39 bits per heavy atom. The van der Waals surface area contributed by atoms with Crippen molar-refractivity contribution in [3.63, 3.8) is 0 Å². The van der Waals surface area contributed by atoms with Crippen LogP contribution in [0.4, 0.5) is 5.69 Å². The van der Waals surface area contributed by atoms with Gasteiger partial charge in [0, 0.05) is 12.6 Å². The Bertz CT molecular complexity index is 456. The van der Waals surface area contributed by atoms with Crippen molar-refractivity contribution in [3.8, 4) is 17.6 Å². The average Bonchev–Trinajstić information content (AvgIpc) is 2.46. The number of hydrogen-bond donors (Lipinski definition) is 0. The maximum Gasteiger partial charge on any atom is 0.161 e. The van der Waals surface area contributed by atoms with E-state index < -0.39 is 0 Å². The second kappa shape index (κ2) is 5.61. The number of methoxy groups -OCH3 is 2. The molecule has 0 N–H and O–H groups in total. The van der Waals surface area contributed by atoms with Gasteiger partial charge in [-0.3, -0.25) is 0 Å². The zero-order valence-corrected chi connectivity index (χ0v) is 10.5. The molecule has 1 unspecified atom stereocenters. The van der Waals surface area contributed by atoms with Gasteiger partial charge in [0.05, 0.1) is 39.1 Å². The van der Waals surface area contributed by atoms with Crippen molar-refractivity contribution in [2.24, 2.45) is 0 Å². The Morgan fingerprint density at radius 3 is 2.89 bits per heavy atom. The van der Waals surface area contributed by atoms with Gasteiger partial charge in [0.2, 0.25) is 0 Å². The molecule has 1 saturated heterocycles. The molecule has 0 aromatic heterocycles. The minimum Gasteiger partial charge on any atom is -0.497 e. The van der Waals surface area contributed by atoms with Crippen LogP contribution in [-0.4, -0.2) is 40.0 Å². The fourth-order valence-electron chi connectivity index (χ4n) is 1.99. The van der Waals surface area contributed by atoms with Crippen LogP contribution in [0.1, 0.15) is 0 Å². The first-order valence-corrected chi connectivity index (χ1v) is 5.76. The summed E-state index contributed by atoms with van der Waals surface area (Å²) in [6.45, 7) is 1.85. The lowest BCUT2D eigenvalue weighted by Gasteiger charge is -2.32. The fraction of sp³-hybridized carbons (Fsp3) is 0.462. The Hall–Kier alpha value is -1.93. The lowest BCUT2D eigenvalue weighted by atomic mass is 10.2. The molecule has 0 spiro atoms. The highest BCUT2D eigenvalue weighted by atomic mass is 16.5. The number of benzene rings is 1. The van der Waals surface area contributed by atoms with Crippen LogP contribution in [0.5, 0.6) is 11.5 Å². The number of nitriles is 1. The zero-order valence-electron chi connectivity index (χ0n) is 10.5. The lowest BCUT2D eigenvalue weighted by molar-refractivity contribution is 0.0763. The van der Waals surface area contributed by atoms with Crippen molar-refractivity contribution in [2.75, 3.05) is 38.8 Å². The molecule has 0 radical (unpaired) electrons. The summed E-state index contributed by atoms with van der Waals surface area (Å²) >= 11 is 0. The fourth-order valence-corrected chi connectivity index (χ4v) is 1.99. The highest BCUT2D eigenvalue weighted by Crippen LogP contribution is 2.33. The first-order chi connectivity index (χ1) is 8.78. The van der Waals surface area contributed by atoms with Crippen molar-refractivity contribution >= 4 is 5.69 Å². The molecule has 1 heterocycles. The van der Waals surface area contributed by atoms with Gasteiger partial charge in [0.1, 0.15) is 11.5 Å². The van der Waals surface area contributed by atoms with Crippen LogP contribution in [0, 0.1) is 11.3 Å². The molecular formula is C13H16N2O3. The zero-order chi connectivity index (χ0) is 13.0. The van der Waals surface area contributed by atoms with Gasteiger partial charge >= 0.3 is 0 Å². The van der Waals surface area contributed by atoms with Crippen LogP contribution in [0.15, 0.2) is 18.2 Å². The number of hydrogen-bond acceptors (Lipinski definition) is 5. The summed E-state index contributed by atoms with van der Waals surface area (Å²) in [5.74, 6) is 1.49. The minimum absolute atomic E-state index is 0.384. The normalized spacial score (nSPS) is 19.2.